The molecule has 3 rings (SSSR count). The Morgan fingerprint density at radius 2 is 2.10 bits per heavy atom. The van der Waals surface area contributed by atoms with E-state index in [1.807, 2.05) is 42.4 Å². The molecule has 4 nitrogen and oxygen atoms in total. The summed E-state index contributed by atoms with van der Waals surface area (Å²) in [7, 11) is 1.92. The summed E-state index contributed by atoms with van der Waals surface area (Å²) in [6.07, 6.45) is 6.43. The lowest BCUT2D eigenvalue weighted by molar-refractivity contribution is 0.0622. The van der Waals surface area contributed by atoms with Crippen LogP contribution in [-0.2, 0) is 0 Å². The quantitative estimate of drug-likeness (QED) is 0.911. The SMILES string of the molecule is CN(C(=O)c1c[nH]c2ccccc12)C1CCCCC1CN. The summed E-state index contributed by atoms with van der Waals surface area (Å²) in [6.45, 7) is 0.663. The molecule has 0 saturated heterocycles. The van der Waals surface area contributed by atoms with Gasteiger partial charge in [0.1, 0.15) is 0 Å². The van der Waals surface area contributed by atoms with E-state index < -0.39 is 0 Å². The molecule has 1 amide bonds. The number of carbonyl (C=O) groups is 1. The van der Waals surface area contributed by atoms with Crippen LogP contribution in [0.25, 0.3) is 10.9 Å². The van der Waals surface area contributed by atoms with Crippen LogP contribution in [0.3, 0.4) is 0 Å². The second kappa shape index (κ2) is 5.90. The standard InChI is InChI=1S/C17H23N3O/c1-20(16-9-5-2-6-12(16)10-18)17(21)14-11-19-15-8-4-3-7-13(14)15/h3-4,7-8,11-12,16,19H,2,5-6,9-10,18H2,1H3. The van der Waals surface area contributed by atoms with Gasteiger partial charge in [-0.3, -0.25) is 4.79 Å². The Bertz CT molecular complexity index is 634. The van der Waals surface area contributed by atoms with Crippen LogP contribution in [0.4, 0.5) is 0 Å². The average Bonchev–Trinajstić information content (AvgIpc) is 2.97. The highest BCUT2D eigenvalue weighted by molar-refractivity contribution is 6.06. The molecule has 1 fully saturated rings. The molecular formula is C17H23N3O. The molecule has 1 aromatic heterocycles. The van der Waals surface area contributed by atoms with E-state index in [4.69, 9.17) is 5.73 Å². The Kier molecular flexibility index (Phi) is 3.97. The molecule has 0 radical (unpaired) electrons. The summed E-state index contributed by atoms with van der Waals surface area (Å²) in [4.78, 5) is 17.9. The normalized spacial score (nSPS) is 22.4. The molecular weight excluding hydrogens is 262 g/mol. The van der Waals surface area contributed by atoms with Gasteiger partial charge >= 0.3 is 0 Å². The highest BCUT2D eigenvalue weighted by Crippen LogP contribution is 2.29. The van der Waals surface area contributed by atoms with E-state index in [0.717, 1.165) is 29.3 Å². The lowest BCUT2D eigenvalue weighted by Crippen LogP contribution is -2.45. The van der Waals surface area contributed by atoms with Gasteiger partial charge in [0.25, 0.3) is 5.91 Å². The number of fused-ring (bicyclic) bond motifs is 1. The Morgan fingerprint density at radius 1 is 1.33 bits per heavy atom. The van der Waals surface area contributed by atoms with E-state index in [1.165, 1.54) is 12.8 Å². The fraction of sp³-hybridized carbons (Fsp3) is 0.471. The number of aromatic amines is 1. The fourth-order valence-electron chi connectivity index (χ4n) is 3.56. The van der Waals surface area contributed by atoms with Crippen molar-refractivity contribution in [1.82, 2.24) is 9.88 Å². The van der Waals surface area contributed by atoms with Crippen molar-refractivity contribution in [2.24, 2.45) is 11.7 Å². The summed E-state index contributed by atoms with van der Waals surface area (Å²) in [5.41, 5.74) is 7.66. The summed E-state index contributed by atoms with van der Waals surface area (Å²) in [5.74, 6) is 0.524. The van der Waals surface area contributed by atoms with Crippen LogP contribution in [0.2, 0.25) is 0 Å². The van der Waals surface area contributed by atoms with Crippen molar-refractivity contribution in [1.29, 1.82) is 0 Å². The van der Waals surface area contributed by atoms with Crippen LogP contribution in [0.15, 0.2) is 30.5 Å². The van der Waals surface area contributed by atoms with Crippen molar-refractivity contribution >= 4 is 16.8 Å². The van der Waals surface area contributed by atoms with Crippen LogP contribution in [0.1, 0.15) is 36.0 Å². The first kappa shape index (κ1) is 14.1. The monoisotopic (exact) mass is 285 g/mol. The van der Waals surface area contributed by atoms with E-state index in [1.54, 1.807) is 0 Å². The smallest absolute Gasteiger partial charge is 0.256 e. The first-order valence-electron chi connectivity index (χ1n) is 7.75. The Labute approximate surface area is 125 Å². The number of amides is 1. The molecule has 3 N–H and O–H groups in total. The predicted octanol–water partition coefficient (Wildman–Crippen LogP) is 2.76. The summed E-state index contributed by atoms with van der Waals surface area (Å²) >= 11 is 0. The lowest BCUT2D eigenvalue weighted by atomic mass is 9.83. The van der Waals surface area contributed by atoms with Gasteiger partial charge in [-0.2, -0.15) is 0 Å². The Morgan fingerprint density at radius 3 is 2.90 bits per heavy atom. The maximum Gasteiger partial charge on any atom is 0.256 e. The van der Waals surface area contributed by atoms with Crippen molar-refractivity contribution in [3.63, 3.8) is 0 Å². The summed E-state index contributed by atoms with van der Waals surface area (Å²) < 4.78 is 0. The largest absolute Gasteiger partial charge is 0.360 e. The van der Waals surface area contributed by atoms with E-state index in [0.29, 0.717) is 12.5 Å². The zero-order chi connectivity index (χ0) is 14.8. The van der Waals surface area contributed by atoms with Crippen LogP contribution >= 0.6 is 0 Å². The van der Waals surface area contributed by atoms with Crippen molar-refractivity contribution in [2.75, 3.05) is 13.6 Å². The number of hydrogen-bond acceptors (Lipinski definition) is 2. The molecule has 1 aliphatic rings. The molecule has 2 aromatic rings. The Hall–Kier alpha value is -1.81. The van der Waals surface area contributed by atoms with E-state index >= 15 is 0 Å². The molecule has 112 valence electrons. The van der Waals surface area contributed by atoms with Gasteiger partial charge in [0.2, 0.25) is 0 Å². The molecule has 0 bridgehead atoms. The van der Waals surface area contributed by atoms with Gasteiger partial charge in [0, 0.05) is 30.2 Å². The number of para-hydroxylation sites is 1. The van der Waals surface area contributed by atoms with Gasteiger partial charge < -0.3 is 15.6 Å². The minimum absolute atomic E-state index is 0.0952. The topological polar surface area (TPSA) is 62.1 Å². The van der Waals surface area contributed by atoms with Crippen LogP contribution < -0.4 is 5.73 Å². The maximum atomic E-state index is 12.8. The van der Waals surface area contributed by atoms with E-state index in [2.05, 4.69) is 4.98 Å². The van der Waals surface area contributed by atoms with Crippen molar-refractivity contribution in [3.05, 3.63) is 36.0 Å². The highest BCUT2D eigenvalue weighted by Gasteiger charge is 2.31. The molecule has 1 saturated carbocycles. The third-order valence-corrected chi connectivity index (χ3v) is 4.81. The number of nitrogens with two attached hydrogens (primary N) is 1. The minimum Gasteiger partial charge on any atom is -0.360 e. The van der Waals surface area contributed by atoms with Crippen molar-refractivity contribution < 1.29 is 4.79 Å². The molecule has 2 atom stereocenters. The van der Waals surface area contributed by atoms with E-state index in [9.17, 15) is 4.79 Å². The van der Waals surface area contributed by atoms with Gasteiger partial charge in [0.05, 0.1) is 5.56 Å². The molecule has 4 heteroatoms. The number of nitrogens with zero attached hydrogens (tertiary/aromatic N) is 1. The number of rotatable bonds is 3. The maximum absolute atomic E-state index is 12.8. The van der Waals surface area contributed by atoms with Crippen LogP contribution in [0.5, 0.6) is 0 Å². The van der Waals surface area contributed by atoms with Gasteiger partial charge in [-0.1, -0.05) is 31.0 Å². The van der Waals surface area contributed by atoms with Gasteiger partial charge in [0.15, 0.2) is 0 Å². The van der Waals surface area contributed by atoms with Gasteiger partial charge in [-0.25, -0.2) is 0 Å². The van der Waals surface area contributed by atoms with Gasteiger partial charge in [-0.15, -0.1) is 0 Å². The van der Waals surface area contributed by atoms with Crippen molar-refractivity contribution in [2.45, 2.75) is 31.7 Å². The number of hydrogen-bond donors (Lipinski definition) is 2. The third-order valence-electron chi connectivity index (χ3n) is 4.81. The molecule has 21 heavy (non-hydrogen) atoms. The number of aromatic nitrogens is 1. The third kappa shape index (κ3) is 2.56. The number of H-pyrrole nitrogens is 1. The number of nitrogens with one attached hydrogen (secondary N) is 1. The summed E-state index contributed by atoms with van der Waals surface area (Å²) in [5, 5.41) is 0.995. The van der Waals surface area contributed by atoms with Gasteiger partial charge in [-0.05, 0) is 31.4 Å². The number of benzene rings is 1. The van der Waals surface area contributed by atoms with Crippen LogP contribution in [0, 0.1) is 5.92 Å². The molecule has 0 spiro atoms. The second-order valence-electron chi connectivity index (χ2n) is 6.01. The molecule has 1 aliphatic carbocycles. The fourth-order valence-corrected chi connectivity index (χ4v) is 3.56. The molecule has 1 heterocycles. The highest BCUT2D eigenvalue weighted by atomic mass is 16.2. The average molecular weight is 285 g/mol. The van der Waals surface area contributed by atoms with Crippen molar-refractivity contribution in [3.8, 4) is 0 Å². The molecule has 1 aromatic carbocycles. The molecule has 0 aliphatic heterocycles. The first-order valence-corrected chi connectivity index (χ1v) is 7.75. The minimum atomic E-state index is 0.0952. The predicted molar refractivity (Wildman–Crippen MR) is 85.2 cm³/mol. The zero-order valence-electron chi connectivity index (χ0n) is 12.5. The Balaban J connectivity index is 1.87. The van der Waals surface area contributed by atoms with Crippen LogP contribution in [-0.4, -0.2) is 35.4 Å². The number of carbonyl (C=O) groups excluding carboxylic acids is 1. The first-order chi connectivity index (χ1) is 10.2. The van der Waals surface area contributed by atoms with E-state index in [-0.39, 0.29) is 11.9 Å². The lowest BCUT2D eigenvalue weighted by Gasteiger charge is -2.37. The second-order valence-corrected chi connectivity index (χ2v) is 6.01. The zero-order valence-corrected chi connectivity index (χ0v) is 12.5. The molecule has 2 unspecified atom stereocenters. The summed E-state index contributed by atoms with van der Waals surface area (Å²) in [6, 6.07) is 8.20.